The van der Waals surface area contributed by atoms with E-state index >= 15 is 0 Å². The number of nitrogens with zero attached hydrogens (tertiary/aromatic N) is 4. The van der Waals surface area contributed by atoms with Crippen LogP contribution in [0.4, 0.5) is 11.4 Å². The first-order chi connectivity index (χ1) is 13.5. The van der Waals surface area contributed by atoms with E-state index in [-0.39, 0.29) is 11.3 Å². The molecule has 4 rings (SSSR count). The zero-order valence-electron chi connectivity index (χ0n) is 14.2. The monoisotopic (exact) mass is 437 g/mol. The van der Waals surface area contributed by atoms with Gasteiger partial charge in [0.25, 0.3) is 11.6 Å². The molecule has 2 heterocycles. The van der Waals surface area contributed by atoms with Crippen molar-refractivity contribution < 1.29 is 9.72 Å². The summed E-state index contributed by atoms with van der Waals surface area (Å²) in [6.07, 6.45) is 5.42. The van der Waals surface area contributed by atoms with Gasteiger partial charge in [-0.3, -0.25) is 19.3 Å². The summed E-state index contributed by atoms with van der Waals surface area (Å²) in [5.74, 6) is 0.173. The van der Waals surface area contributed by atoms with Crippen LogP contribution in [0.15, 0.2) is 71.6 Å². The van der Waals surface area contributed by atoms with Crippen molar-refractivity contribution in [1.82, 2.24) is 14.4 Å². The Kier molecular flexibility index (Phi) is 4.58. The van der Waals surface area contributed by atoms with Crippen molar-refractivity contribution in [3.8, 4) is 11.3 Å². The van der Waals surface area contributed by atoms with Gasteiger partial charge in [-0.1, -0.05) is 12.1 Å². The molecule has 1 amide bonds. The van der Waals surface area contributed by atoms with Crippen molar-refractivity contribution in [2.75, 3.05) is 5.32 Å². The molecule has 0 aliphatic rings. The van der Waals surface area contributed by atoms with Gasteiger partial charge in [0.05, 0.1) is 15.1 Å². The Balaban J connectivity index is 1.54. The number of carbonyl (C=O) groups excluding carboxylic acids is 1. The minimum Gasteiger partial charge on any atom is -0.322 e. The van der Waals surface area contributed by atoms with E-state index in [0.29, 0.717) is 15.9 Å². The van der Waals surface area contributed by atoms with E-state index < -0.39 is 10.8 Å². The fourth-order valence-corrected chi connectivity index (χ4v) is 3.08. The summed E-state index contributed by atoms with van der Waals surface area (Å²) in [5.41, 5.74) is 2.25. The van der Waals surface area contributed by atoms with Crippen LogP contribution in [-0.2, 0) is 0 Å². The predicted molar refractivity (Wildman–Crippen MR) is 107 cm³/mol. The second-order valence-electron chi connectivity index (χ2n) is 5.91. The van der Waals surface area contributed by atoms with Gasteiger partial charge in [0.15, 0.2) is 0 Å². The molecule has 0 unspecified atom stereocenters. The normalized spacial score (nSPS) is 10.8. The first-order valence-corrected chi connectivity index (χ1v) is 8.96. The maximum atomic E-state index is 12.4. The third-order valence-electron chi connectivity index (χ3n) is 4.08. The van der Waals surface area contributed by atoms with Gasteiger partial charge in [0, 0.05) is 41.5 Å². The summed E-state index contributed by atoms with van der Waals surface area (Å²) in [6, 6.07) is 13.2. The molecule has 2 aromatic carbocycles. The third kappa shape index (κ3) is 3.47. The van der Waals surface area contributed by atoms with Crippen LogP contribution < -0.4 is 5.32 Å². The molecule has 4 aromatic rings. The fraction of sp³-hybridized carbons (Fsp3) is 0. The molecule has 0 spiro atoms. The molecular weight excluding hydrogens is 426 g/mol. The summed E-state index contributed by atoms with van der Waals surface area (Å²) in [7, 11) is 0. The van der Waals surface area contributed by atoms with Gasteiger partial charge in [0.2, 0.25) is 5.78 Å². The van der Waals surface area contributed by atoms with Crippen molar-refractivity contribution in [2.45, 2.75) is 0 Å². The minimum atomic E-state index is -0.542. The summed E-state index contributed by atoms with van der Waals surface area (Å²) < 4.78 is 2.14. The number of benzene rings is 2. The van der Waals surface area contributed by atoms with Gasteiger partial charge in [-0.15, -0.1) is 0 Å². The van der Waals surface area contributed by atoms with Crippen LogP contribution in [0.5, 0.6) is 0 Å². The SMILES string of the molecule is O=C(Nc1ccc(-c2cn3cccnc3n2)cc1)c1ccc(Br)c([N+](=O)[O-])c1. The van der Waals surface area contributed by atoms with Crippen molar-refractivity contribution in [3.05, 3.63) is 87.3 Å². The van der Waals surface area contributed by atoms with E-state index in [2.05, 4.69) is 31.2 Å². The molecule has 9 heteroatoms. The number of aromatic nitrogens is 3. The zero-order chi connectivity index (χ0) is 19.7. The maximum Gasteiger partial charge on any atom is 0.284 e. The lowest BCUT2D eigenvalue weighted by Gasteiger charge is -2.06. The van der Waals surface area contributed by atoms with Crippen molar-refractivity contribution in [1.29, 1.82) is 0 Å². The highest BCUT2D eigenvalue weighted by Gasteiger charge is 2.16. The molecule has 0 bridgehead atoms. The van der Waals surface area contributed by atoms with Gasteiger partial charge in [-0.25, -0.2) is 9.97 Å². The standard InChI is InChI=1S/C19H12BrN5O3/c20-15-7-4-13(10-17(15)25(27)28)18(26)22-14-5-2-12(3-6-14)16-11-24-9-1-8-21-19(24)23-16/h1-11H,(H,22,26). The highest BCUT2D eigenvalue weighted by molar-refractivity contribution is 9.10. The third-order valence-corrected chi connectivity index (χ3v) is 4.75. The van der Waals surface area contributed by atoms with Crippen LogP contribution >= 0.6 is 15.9 Å². The highest BCUT2D eigenvalue weighted by atomic mass is 79.9. The maximum absolute atomic E-state index is 12.4. The minimum absolute atomic E-state index is 0.163. The highest BCUT2D eigenvalue weighted by Crippen LogP contribution is 2.26. The zero-order valence-corrected chi connectivity index (χ0v) is 15.8. The molecule has 28 heavy (non-hydrogen) atoms. The van der Waals surface area contributed by atoms with Crippen LogP contribution in [0.25, 0.3) is 17.0 Å². The number of hydrogen-bond donors (Lipinski definition) is 1. The molecule has 0 saturated heterocycles. The number of nitro benzene ring substituents is 1. The number of carbonyl (C=O) groups is 1. The average molecular weight is 438 g/mol. The van der Waals surface area contributed by atoms with E-state index in [1.165, 1.54) is 18.2 Å². The molecule has 0 saturated carbocycles. The summed E-state index contributed by atoms with van der Waals surface area (Å²) in [5, 5.41) is 13.8. The Morgan fingerprint density at radius 2 is 1.96 bits per heavy atom. The van der Waals surface area contributed by atoms with E-state index in [1.807, 2.05) is 35.0 Å². The largest absolute Gasteiger partial charge is 0.322 e. The van der Waals surface area contributed by atoms with Gasteiger partial charge >= 0.3 is 0 Å². The van der Waals surface area contributed by atoms with Crippen LogP contribution in [0.1, 0.15) is 10.4 Å². The molecule has 1 N–H and O–H groups in total. The Hall–Kier alpha value is -3.59. The van der Waals surface area contributed by atoms with Gasteiger partial charge < -0.3 is 5.32 Å². The molecular formula is C19H12BrN5O3. The number of hydrogen-bond acceptors (Lipinski definition) is 5. The summed E-state index contributed by atoms with van der Waals surface area (Å²) >= 11 is 3.10. The first kappa shape index (κ1) is 17.8. The van der Waals surface area contributed by atoms with Gasteiger partial charge in [0.1, 0.15) is 0 Å². The Bertz CT molecular complexity index is 1170. The molecule has 0 radical (unpaired) electrons. The number of nitro groups is 1. The number of amides is 1. The molecule has 0 fully saturated rings. The average Bonchev–Trinajstić information content (AvgIpc) is 3.13. The lowest BCUT2D eigenvalue weighted by molar-refractivity contribution is -0.385. The lowest BCUT2D eigenvalue weighted by atomic mass is 10.1. The van der Waals surface area contributed by atoms with Gasteiger partial charge in [-0.05, 0) is 46.3 Å². The van der Waals surface area contributed by atoms with Crippen molar-refractivity contribution >= 4 is 39.0 Å². The molecule has 138 valence electrons. The van der Waals surface area contributed by atoms with Crippen LogP contribution in [0, 0.1) is 10.1 Å². The summed E-state index contributed by atoms with van der Waals surface area (Å²) in [6.45, 7) is 0. The number of imidazole rings is 1. The molecule has 2 aromatic heterocycles. The molecule has 0 aliphatic carbocycles. The smallest absolute Gasteiger partial charge is 0.284 e. The second kappa shape index (κ2) is 7.20. The number of fused-ring (bicyclic) bond motifs is 1. The summed E-state index contributed by atoms with van der Waals surface area (Å²) in [4.78, 5) is 31.5. The van der Waals surface area contributed by atoms with Crippen LogP contribution in [0.3, 0.4) is 0 Å². The Labute approximate surface area is 167 Å². The molecule has 0 atom stereocenters. The van der Waals surface area contributed by atoms with Crippen LogP contribution in [-0.4, -0.2) is 25.2 Å². The first-order valence-electron chi connectivity index (χ1n) is 8.17. The number of anilines is 1. The Morgan fingerprint density at radius 1 is 1.18 bits per heavy atom. The Morgan fingerprint density at radius 3 is 2.68 bits per heavy atom. The molecule has 8 nitrogen and oxygen atoms in total. The molecule has 0 aliphatic heterocycles. The number of nitrogens with one attached hydrogen (secondary N) is 1. The van der Waals surface area contributed by atoms with E-state index in [4.69, 9.17) is 0 Å². The van der Waals surface area contributed by atoms with E-state index in [1.54, 1.807) is 18.3 Å². The van der Waals surface area contributed by atoms with Crippen molar-refractivity contribution in [3.63, 3.8) is 0 Å². The van der Waals surface area contributed by atoms with Gasteiger partial charge in [-0.2, -0.15) is 0 Å². The number of halogens is 1. The predicted octanol–water partition coefficient (Wildman–Crippen LogP) is 4.32. The van der Waals surface area contributed by atoms with E-state index in [0.717, 1.165) is 11.3 Å². The lowest BCUT2D eigenvalue weighted by Crippen LogP contribution is -2.12. The topological polar surface area (TPSA) is 102 Å². The quantitative estimate of drug-likeness (QED) is 0.378. The van der Waals surface area contributed by atoms with E-state index in [9.17, 15) is 14.9 Å². The fourth-order valence-electron chi connectivity index (χ4n) is 2.69. The van der Waals surface area contributed by atoms with Crippen LogP contribution in [0.2, 0.25) is 0 Å². The second-order valence-corrected chi connectivity index (χ2v) is 6.76. The van der Waals surface area contributed by atoms with Crippen molar-refractivity contribution in [2.24, 2.45) is 0 Å². The number of rotatable bonds is 4.